The van der Waals surface area contributed by atoms with E-state index in [0.717, 1.165) is 12.2 Å². The summed E-state index contributed by atoms with van der Waals surface area (Å²) in [6.07, 6.45) is 1.99. The molecule has 20 heavy (non-hydrogen) atoms. The van der Waals surface area contributed by atoms with Gasteiger partial charge in [-0.15, -0.1) is 0 Å². The van der Waals surface area contributed by atoms with E-state index < -0.39 is 15.6 Å². The Morgan fingerprint density at radius 1 is 1.40 bits per heavy atom. The van der Waals surface area contributed by atoms with Gasteiger partial charge >= 0.3 is 0 Å². The van der Waals surface area contributed by atoms with Gasteiger partial charge in [0.15, 0.2) is 0 Å². The van der Waals surface area contributed by atoms with E-state index in [1.54, 1.807) is 11.8 Å². The van der Waals surface area contributed by atoms with E-state index in [-0.39, 0.29) is 14.7 Å². The molecule has 0 aromatic carbocycles. The summed E-state index contributed by atoms with van der Waals surface area (Å²) in [6.45, 7) is 5.17. The van der Waals surface area contributed by atoms with Crippen LogP contribution in [0.5, 0.6) is 0 Å². The fraction of sp³-hybridized carbons (Fsp3) is 0.583. The van der Waals surface area contributed by atoms with Gasteiger partial charge in [0, 0.05) is 29.8 Å². The second kappa shape index (κ2) is 5.71. The van der Waals surface area contributed by atoms with Crippen LogP contribution in [0, 0.1) is 0 Å². The Bertz CT molecular complexity index is 655. The molecule has 112 valence electrons. The Balaban J connectivity index is 2.30. The normalized spacial score (nSPS) is 20.6. The minimum Gasteiger partial charge on any atom is -0.326 e. The number of pyridine rings is 1. The van der Waals surface area contributed by atoms with Gasteiger partial charge in [-0.05, 0) is 12.5 Å². The molecular formula is C12H17ClN2O3S2. The molecule has 0 atom stereocenters. The second-order valence-electron chi connectivity index (χ2n) is 5.27. The van der Waals surface area contributed by atoms with Crippen molar-refractivity contribution in [3.8, 4) is 0 Å². The minimum absolute atomic E-state index is 0.0341. The molecule has 1 fully saturated rings. The smallest absolute Gasteiger partial charge is 0.266 e. The lowest BCUT2D eigenvalue weighted by Gasteiger charge is -2.22. The molecule has 0 unspecified atom stereocenters. The maximum atomic E-state index is 12.6. The van der Waals surface area contributed by atoms with Gasteiger partial charge < -0.3 is 4.98 Å². The number of H-pyrrole nitrogens is 1. The van der Waals surface area contributed by atoms with Gasteiger partial charge in [0.2, 0.25) is 10.0 Å². The van der Waals surface area contributed by atoms with Gasteiger partial charge in [0.1, 0.15) is 5.02 Å². The number of hydrogen-bond donors (Lipinski definition) is 1. The monoisotopic (exact) mass is 336 g/mol. The number of nitrogens with one attached hydrogen (secondary N) is 1. The average molecular weight is 337 g/mol. The minimum atomic E-state index is -3.61. The van der Waals surface area contributed by atoms with E-state index in [1.165, 1.54) is 16.6 Å². The highest BCUT2D eigenvalue weighted by molar-refractivity contribution is 8.00. The van der Waals surface area contributed by atoms with Crippen LogP contribution < -0.4 is 5.56 Å². The summed E-state index contributed by atoms with van der Waals surface area (Å²) in [4.78, 5) is 13.6. The van der Waals surface area contributed by atoms with E-state index in [2.05, 4.69) is 18.8 Å². The van der Waals surface area contributed by atoms with Gasteiger partial charge in [-0.25, -0.2) is 8.42 Å². The van der Waals surface area contributed by atoms with E-state index in [9.17, 15) is 13.2 Å². The molecule has 1 aromatic rings. The number of rotatable bonds is 2. The first kappa shape index (κ1) is 15.9. The fourth-order valence-corrected chi connectivity index (χ4v) is 4.87. The molecule has 1 saturated heterocycles. The molecule has 2 rings (SSSR count). The standard InChI is InChI=1S/C12H17ClN2O3S2/c1-12(2)3-4-15(5-6-19-12)20(17,18)9-7-10(13)11(16)14-8-9/h7-8H,3-6H2,1-2H3,(H,14,16). The number of aromatic nitrogens is 1. The van der Waals surface area contributed by atoms with Crippen LogP contribution in [0.3, 0.4) is 0 Å². The third-order valence-electron chi connectivity index (χ3n) is 3.27. The number of hydrogen-bond acceptors (Lipinski definition) is 4. The Morgan fingerprint density at radius 2 is 2.10 bits per heavy atom. The van der Waals surface area contributed by atoms with Crippen molar-refractivity contribution in [3.63, 3.8) is 0 Å². The van der Waals surface area contributed by atoms with Crippen LogP contribution in [0.15, 0.2) is 22.0 Å². The van der Waals surface area contributed by atoms with Crippen LogP contribution in [0.4, 0.5) is 0 Å². The summed E-state index contributed by atoms with van der Waals surface area (Å²) in [5.41, 5.74) is -0.488. The summed E-state index contributed by atoms with van der Waals surface area (Å²) >= 11 is 7.48. The molecule has 0 bridgehead atoms. The Kier molecular flexibility index (Phi) is 4.53. The Morgan fingerprint density at radius 3 is 2.75 bits per heavy atom. The number of thioether (sulfide) groups is 1. The lowest BCUT2D eigenvalue weighted by Crippen LogP contribution is -2.34. The summed E-state index contributed by atoms with van der Waals surface area (Å²) in [7, 11) is -3.61. The van der Waals surface area contributed by atoms with E-state index in [1.807, 2.05) is 0 Å². The van der Waals surface area contributed by atoms with Crippen LogP contribution in [0.2, 0.25) is 5.02 Å². The zero-order valence-electron chi connectivity index (χ0n) is 11.3. The predicted molar refractivity (Wildman–Crippen MR) is 82.0 cm³/mol. The number of halogens is 1. The van der Waals surface area contributed by atoms with Crippen LogP contribution in [0.25, 0.3) is 0 Å². The first-order chi connectivity index (χ1) is 9.22. The van der Waals surface area contributed by atoms with Crippen LogP contribution >= 0.6 is 23.4 Å². The van der Waals surface area contributed by atoms with Gasteiger partial charge in [-0.3, -0.25) is 4.79 Å². The highest BCUT2D eigenvalue weighted by Gasteiger charge is 2.31. The molecule has 2 heterocycles. The third-order valence-corrected chi connectivity index (χ3v) is 6.80. The number of nitrogens with zero attached hydrogens (tertiary/aromatic N) is 1. The fourth-order valence-electron chi connectivity index (χ4n) is 1.98. The first-order valence-electron chi connectivity index (χ1n) is 6.25. The molecule has 0 aliphatic carbocycles. The van der Waals surface area contributed by atoms with E-state index >= 15 is 0 Å². The first-order valence-corrected chi connectivity index (χ1v) is 9.05. The van der Waals surface area contributed by atoms with Crippen LogP contribution in [-0.2, 0) is 10.0 Å². The molecular weight excluding hydrogens is 320 g/mol. The van der Waals surface area contributed by atoms with Crippen molar-refractivity contribution in [2.45, 2.75) is 29.9 Å². The molecule has 0 amide bonds. The van der Waals surface area contributed by atoms with Crippen molar-refractivity contribution in [1.29, 1.82) is 0 Å². The Hall–Kier alpha value is -0.500. The highest BCUT2D eigenvalue weighted by Crippen LogP contribution is 2.32. The molecule has 0 spiro atoms. The quantitative estimate of drug-likeness (QED) is 0.896. The summed E-state index contributed by atoms with van der Waals surface area (Å²) < 4.78 is 26.6. The Labute approximate surface area is 127 Å². The molecule has 0 saturated carbocycles. The number of sulfonamides is 1. The van der Waals surface area contributed by atoms with E-state index in [4.69, 9.17) is 11.6 Å². The van der Waals surface area contributed by atoms with Gasteiger partial charge in [0.05, 0.1) is 4.90 Å². The van der Waals surface area contributed by atoms with E-state index in [0.29, 0.717) is 13.1 Å². The number of aromatic amines is 1. The molecule has 0 radical (unpaired) electrons. The lowest BCUT2D eigenvalue weighted by molar-refractivity contribution is 0.415. The topological polar surface area (TPSA) is 70.2 Å². The molecule has 1 N–H and O–H groups in total. The average Bonchev–Trinajstić information content (AvgIpc) is 2.54. The summed E-state index contributed by atoms with van der Waals surface area (Å²) in [5.74, 6) is 0.753. The zero-order chi connectivity index (χ0) is 15.0. The SMILES string of the molecule is CC1(C)CCN(S(=O)(=O)c2c[nH]c(=O)c(Cl)c2)CCS1. The maximum absolute atomic E-state index is 12.6. The van der Waals surface area contributed by atoms with Crippen molar-refractivity contribution < 1.29 is 8.42 Å². The van der Waals surface area contributed by atoms with Crippen molar-refractivity contribution in [2.24, 2.45) is 0 Å². The highest BCUT2D eigenvalue weighted by atomic mass is 35.5. The van der Waals surface area contributed by atoms with Crippen molar-refractivity contribution in [3.05, 3.63) is 27.6 Å². The van der Waals surface area contributed by atoms with Gasteiger partial charge in [-0.2, -0.15) is 16.1 Å². The molecule has 1 aromatic heterocycles. The molecule has 8 heteroatoms. The largest absolute Gasteiger partial charge is 0.326 e. The lowest BCUT2D eigenvalue weighted by atomic mass is 10.1. The third kappa shape index (κ3) is 3.39. The van der Waals surface area contributed by atoms with Gasteiger partial charge in [0.25, 0.3) is 5.56 Å². The molecule has 5 nitrogen and oxygen atoms in total. The zero-order valence-corrected chi connectivity index (χ0v) is 13.7. The predicted octanol–water partition coefficient (Wildman–Crippen LogP) is 1.93. The molecule has 1 aliphatic heterocycles. The van der Waals surface area contributed by atoms with Gasteiger partial charge in [-0.1, -0.05) is 25.4 Å². The summed E-state index contributed by atoms with van der Waals surface area (Å²) in [6, 6.07) is 1.21. The summed E-state index contributed by atoms with van der Waals surface area (Å²) in [5, 5.41) is -0.115. The molecule has 1 aliphatic rings. The van der Waals surface area contributed by atoms with Crippen LogP contribution in [-0.4, -0.2) is 41.3 Å². The van der Waals surface area contributed by atoms with Crippen molar-refractivity contribution in [2.75, 3.05) is 18.8 Å². The second-order valence-corrected chi connectivity index (χ2v) is 9.42. The van der Waals surface area contributed by atoms with Crippen molar-refractivity contribution in [1.82, 2.24) is 9.29 Å². The maximum Gasteiger partial charge on any atom is 0.266 e. The van der Waals surface area contributed by atoms with Crippen LogP contribution in [0.1, 0.15) is 20.3 Å². The van der Waals surface area contributed by atoms with Crippen molar-refractivity contribution >= 4 is 33.4 Å².